The highest BCUT2D eigenvalue weighted by atomic mass is 32.1. The number of aromatic nitrogens is 3. The molecule has 2 aliphatic rings. The maximum absolute atomic E-state index is 12.3. The van der Waals surface area contributed by atoms with E-state index in [1.54, 1.807) is 12.1 Å². The molecule has 1 saturated heterocycles. The second kappa shape index (κ2) is 8.53. The third-order valence-corrected chi connectivity index (χ3v) is 7.10. The maximum atomic E-state index is 12.3. The van der Waals surface area contributed by atoms with Crippen LogP contribution in [-0.4, -0.2) is 44.5 Å². The normalized spacial score (nSPS) is 21.2. The summed E-state index contributed by atoms with van der Waals surface area (Å²) in [6.45, 7) is 6.68. The fourth-order valence-electron chi connectivity index (χ4n) is 4.55. The molecule has 2 aliphatic heterocycles. The van der Waals surface area contributed by atoms with E-state index in [1.165, 1.54) is 9.75 Å². The van der Waals surface area contributed by atoms with E-state index in [9.17, 15) is 4.79 Å². The SMILES string of the molecule is Cc1ccc(CN2CCCC3(C2)Cn2nnc(CNC(=O)c4ccccc4)c2CO3)s1. The third kappa shape index (κ3) is 4.42. The number of ether oxygens (including phenoxy) is 1. The van der Waals surface area contributed by atoms with Gasteiger partial charge in [-0.05, 0) is 50.6 Å². The van der Waals surface area contributed by atoms with Gasteiger partial charge < -0.3 is 10.1 Å². The van der Waals surface area contributed by atoms with E-state index >= 15 is 0 Å². The first kappa shape index (κ1) is 20.4. The van der Waals surface area contributed by atoms with Gasteiger partial charge in [-0.15, -0.1) is 16.4 Å². The molecule has 1 atom stereocenters. The van der Waals surface area contributed by atoms with Crippen molar-refractivity contribution in [1.82, 2.24) is 25.2 Å². The molecule has 1 spiro atoms. The largest absolute Gasteiger partial charge is 0.365 e. The van der Waals surface area contributed by atoms with Gasteiger partial charge in [0.25, 0.3) is 5.91 Å². The molecule has 1 aromatic carbocycles. The fourth-order valence-corrected chi connectivity index (χ4v) is 5.48. The van der Waals surface area contributed by atoms with Gasteiger partial charge in [0, 0.05) is 28.4 Å². The van der Waals surface area contributed by atoms with Crippen molar-refractivity contribution in [1.29, 1.82) is 0 Å². The minimum Gasteiger partial charge on any atom is -0.365 e. The van der Waals surface area contributed by atoms with Gasteiger partial charge in [0.05, 0.1) is 25.4 Å². The summed E-state index contributed by atoms with van der Waals surface area (Å²) >= 11 is 1.87. The first-order valence-electron chi connectivity index (χ1n) is 10.8. The molecule has 4 heterocycles. The molecule has 1 N–H and O–H groups in total. The standard InChI is InChI=1S/C23H27N5O2S/c1-17-8-9-19(31-17)13-27-11-5-10-23(15-27)16-28-21(14-30-23)20(25-26-28)12-24-22(29)18-6-3-2-4-7-18/h2-4,6-9H,5,10-16H2,1H3,(H,24,29). The Morgan fingerprint density at radius 2 is 2.10 bits per heavy atom. The molecule has 0 aliphatic carbocycles. The van der Waals surface area contributed by atoms with Crippen LogP contribution in [0.1, 0.15) is 44.3 Å². The van der Waals surface area contributed by atoms with Gasteiger partial charge in [0.15, 0.2) is 0 Å². The van der Waals surface area contributed by atoms with E-state index in [0.717, 1.165) is 43.9 Å². The second-order valence-electron chi connectivity index (χ2n) is 8.49. The van der Waals surface area contributed by atoms with Gasteiger partial charge in [-0.2, -0.15) is 0 Å². The van der Waals surface area contributed by atoms with Gasteiger partial charge in [-0.1, -0.05) is 23.4 Å². The number of carbonyl (C=O) groups is 1. The molecular weight excluding hydrogens is 410 g/mol. The molecule has 0 radical (unpaired) electrons. The van der Waals surface area contributed by atoms with Crippen molar-refractivity contribution in [2.45, 2.75) is 51.6 Å². The zero-order valence-corrected chi connectivity index (χ0v) is 18.5. The summed E-state index contributed by atoms with van der Waals surface area (Å²) in [6, 6.07) is 13.6. The molecule has 1 fully saturated rings. The molecular formula is C23H27N5O2S. The number of nitrogens with zero attached hydrogens (tertiary/aromatic N) is 4. The van der Waals surface area contributed by atoms with Crippen LogP contribution in [0.5, 0.6) is 0 Å². The van der Waals surface area contributed by atoms with E-state index in [2.05, 4.69) is 39.6 Å². The predicted octanol–water partition coefficient (Wildman–Crippen LogP) is 3.14. The van der Waals surface area contributed by atoms with Gasteiger partial charge in [-0.25, -0.2) is 4.68 Å². The van der Waals surface area contributed by atoms with Crippen LogP contribution in [0.3, 0.4) is 0 Å². The summed E-state index contributed by atoms with van der Waals surface area (Å²) in [4.78, 5) is 17.6. The molecule has 3 aromatic rings. The van der Waals surface area contributed by atoms with E-state index in [4.69, 9.17) is 4.74 Å². The highest BCUT2D eigenvalue weighted by molar-refractivity contribution is 7.11. The van der Waals surface area contributed by atoms with Crippen LogP contribution in [0.2, 0.25) is 0 Å². The maximum Gasteiger partial charge on any atom is 0.251 e. The number of piperidine rings is 1. The number of thiophene rings is 1. The Morgan fingerprint density at radius 1 is 1.23 bits per heavy atom. The van der Waals surface area contributed by atoms with Crippen LogP contribution in [0, 0.1) is 6.92 Å². The van der Waals surface area contributed by atoms with Gasteiger partial charge in [-0.3, -0.25) is 9.69 Å². The van der Waals surface area contributed by atoms with Crippen molar-refractivity contribution >= 4 is 17.2 Å². The van der Waals surface area contributed by atoms with Crippen LogP contribution in [-0.2, 0) is 31.0 Å². The fraction of sp³-hybridized carbons (Fsp3) is 0.435. The lowest BCUT2D eigenvalue weighted by Crippen LogP contribution is -2.54. The number of hydrogen-bond acceptors (Lipinski definition) is 6. The molecule has 0 saturated carbocycles. The molecule has 7 nitrogen and oxygen atoms in total. The number of fused-ring (bicyclic) bond motifs is 1. The van der Waals surface area contributed by atoms with Gasteiger partial charge in [0.1, 0.15) is 11.3 Å². The Hall–Kier alpha value is -2.55. The van der Waals surface area contributed by atoms with Crippen molar-refractivity contribution in [3.8, 4) is 0 Å². The van der Waals surface area contributed by atoms with Crippen LogP contribution in [0.4, 0.5) is 0 Å². The van der Waals surface area contributed by atoms with E-state index in [1.807, 2.05) is 34.2 Å². The third-order valence-electron chi connectivity index (χ3n) is 6.12. The zero-order chi connectivity index (χ0) is 21.3. The smallest absolute Gasteiger partial charge is 0.251 e. The van der Waals surface area contributed by atoms with Crippen LogP contribution < -0.4 is 5.32 Å². The molecule has 2 aromatic heterocycles. The summed E-state index contributed by atoms with van der Waals surface area (Å²) < 4.78 is 8.42. The summed E-state index contributed by atoms with van der Waals surface area (Å²) in [5.41, 5.74) is 2.17. The van der Waals surface area contributed by atoms with Crippen molar-refractivity contribution in [3.63, 3.8) is 0 Å². The van der Waals surface area contributed by atoms with Crippen LogP contribution in [0.15, 0.2) is 42.5 Å². The average molecular weight is 438 g/mol. The second-order valence-corrected chi connectivity index (χ2v) is 9.86. The molecule has 8 heteroatoms. The number of hydrogen-bond donors (Lipinski definition) is 1. The monoisotopic (exact) mass is 437 g/mol. The highest BCUT2D eigenvalue weighted by Gasteiger charge is 2.41. The van der Waals surface area contributed by atoms with Crippen molar-refractivity contribution in [2.75, 3.05) is 13.1 Å². The van der Waals surface area contributed by atoms with E-state index in [0.29, 0.717) is 25.3 Å². The average Bonchev–Trinajstić information content (AvgIpc) is 3.37. The van der Waals surface area contributed by atoms with Gasteiger partial charge >= 0.3 is 0 Å². The number of likely N-dealkylation sites (tertiary alicyclic amines) is 1. The molecule has 31 heavy (non-hydrogen) atoms. The molecule has 0 bridgehead atoms. The first-order valence-corrected chi connectivity index (χ1v) is 11.6. The number of rotatable bonds is 5. The summed E-state index contributed by atoms with van der Waals surface area (Å²) in [7, 11) is 0. The Morgan fingerprint density at radius 3 is 2.90 bits per heavy atom. The summed E-state index contributed by atoms with van der Waals surface area (Å²) in [6.07, 6.45) is 2.15. The lowest BCUT2D eigenvalue weighted by Gasteiger charge is -2.44. The van der Waals surface area contributed by atoms with Crippen molar-refractivity contribution < 1.29 is 9.53 Å². The van der Waals surface area contributed by atoms with Crippen molar-refractivity contribution in [3.05, 3.63) is 69.2 Å². The summed E-state index contributed by atoms with van der Waals surface area (Å²) in [5, 5.41) is 11.7. The number of nitrogens with one attached hydrogen (secondary N) is 1. The molecule has 1 amide bonds. The van der Waals surface area contributed by atoms with Gasteiger partial charge in [0.2, 0.25) is 0 Å². The quantitative estimate of drug-likeness (QED) is 0.664. The lowest BCUT2D eigenvalue weighted by molar-refractivity contribution is -0.129. The Labute approximate surface area is 186 Å². The number of benzene rings is 1. The number of amides is 1. The zero-order valence-electron chi connectivity index (χ0n) is 17.7. The lowest BCUT2D eigenvalue weighted by atomic mass is 9.91. The first-order chi connectivity index (χ1) is 15.1. The highest BCUT2D eigenvalue weighted by Crippen LogP contribution is 2.33. The predicted molar refractivity (Wildman–Crippen MR) is 119 cm³/mol. The molecule has 1 unspecified atom stereocenters. The minimum absolute atomic E-state index is 0.109. The Bertz CT molecular complexity index is 1060. The number of aryl methyl sites for hydroxylation is 1. The minimum atomic E-state index is -0.212. The Kier molecular flexibility index (Phi) is 5.60. The summed E-state index contributed by atoms with van der Waals surface area (Å²) in [5.74, 6) is -0.109. The van der Waals surface area contributed by atoms with Crippen molar-refractivity contribution in [2.24, 2.45) is 0 Å². The van der Waals surface area contributed by atoms with Crippen LogP contribution >= 0.6 is 11.3 Å². The van der Waals surface area contributed by atoms with E-state index < -0.39 is 0 Å². The molecule has 5 rings (SSSR count). The van der Waals surface area contributed by atoms with Crippen LogP contribution in [0.25, 0.3) is 0 Å². The topological polar surface area (TPSA) is 72.3 Å². The molecule has 162 valence electrons. The Balaban J connectivity index is 1.23. The number of carbonyl (C=O) groups excluding carboxylic acids is 1. The van der Waals surface area contributed by atoms with E-state index in [-0.39, 0.29) is 11.5 Å².